The largest absolute Gasteiger partial charge is 0.347 e. The predicted molar refractivity (Wildman–Crippen MR) is 113 cm³/mol. The first-order chi connectivity index (χ1) is 14.2. The zero-order chi connectivity index (χ0) is 20.1. The molecular weight excluding hydrogens is 380 g/mol. The fourth-order valence-corrected chi connectivity index (χ4v) is 4.91. The third-order valence-electron chi connectivity index (χ3n) is 5.27. The van der Waals surface area contributed by atoms with E-state index in [1.165, 1.54) is 19.3 Å². The Morgan fingerprint density at radius 3 is 2.66 bits per heavy atom. The molecular formula is C23H22N4OS. The number of carbonyl (C=O) groups is 1. The molecule has 0 spiro atoms. The average molecular weight is 403 g/mol. The number of rotatable bonds is 5. The van der Waals surface area contributed by atoms with Crippen molar-refractivity contribution in [3.8, 4) is 16.5 Å². The molecule has 6 heteroatoms. The number of nitriles is 1. The van der Waals surface area contributed by atoms with Crippen molar-refractivity contribution in [3.05, 3.63) is 70.6 Å². The van der Waals surface area contributed by atoms with Crippen molar-refractivity contribution < 1.29 is 4.79 Å². The fraction of sp³-hybridized carbons (Fsp3) is 0.304. The van der Waals surface area contributed by atoms with E-state index in [-0.39, 0.29) is 5.91 Å². The van der Waals surface area contributed by atoms with Crippen LogP contribution in [-0.4, -0.2) is 15.9 Å². The summed E-state index contributed by atoms with van der Waals surface area (Å²) in [4.78, 5) is 22.7. The molecule has 1 amide bonds. The van der Waals surface area contributed by atoms with E-state index in [1.807, 2.05) is 24.3 Å². The quantitative estimate of drug-likeness (QED) is 0.647. The molecule has 5 nitrogen and oxygen atoms in total. The maximum absolute atomic E-state index is 13.0. The molecule has 2 aromatic heterocycles. The topological polar surface area (TPSA) is 78.7 Å². The van der Waals surface area contributed by atoms with Crippen LogP contribution in [-0.2, 0) is 6.54 Å². The summed E-state index contributed by atoms with van der Waals surface area (Å²) in [5, 5.41) is 13.1. The standard InChI is InChI=1S/C23H22N4OS/c24-13-16-8-10-18(11-9-16)21-20(22(28)26-15-17-5-4-12-25-14-17)27-23(29-21)19-6-2-1-3-7-19/h4-5,8-12,14,19H,1-3,6-7,15H2,(H,26,28). The van der Waals surface area contributed by atoms with Gasteiger partial charge in [0.2, 0.25) is 0 Å². The van der Waals surface area contributed by atoms with Gasteiger partial charge in [-0.1, -0.05) is 37.5 Å². The van der Waals surface area contributed by atoms with Crippen molar-refractivity contribution in [2.75, 3.05) is 0 Å². The minimum atomic E-state index is -0.175. The van der Waals surface area contributed by atoms with E-state index in [0.717, 1.165) is 33.9 Å². The predicted octanol–water partition coefficient (Wildman–Crippen LogP) is 5.05. The number of pyridine rings is 1. The molecule has 0 radical (unpaired) electrons. The zero-order valence-corrected chi connectivity index (χ0v) is 16.9. The van der Waals surface area contributed by atoms with E-state index in [1.54, 1.807) is 35.9 Å². The minimum Gasteiger partial charge on any atom is -0.347 e. The molecule has 4 rings (SSSR count). The van der Waals surface area contributed by atoms with Gasteiger partial charge in [-0.15, -0.1) is 11.3 Å². The molecule has 3 aromatic rings. The Labute approximate surface area is 174 Å². The number of thiazole rings is 1. The fourth-order valence-electron chi connectivity index (χ4n) is 3.68. The van der Waals surface area contributed by atoms with Gasteiger partial charge < -0.3 is 5.32 Å². The number of benzene rings is 1. The SMILES string of the molecule is N#Cc1ccc(-c2sc(C3CCCCC3)nc2C(=O)NCc2cccnc2)cc1. The summed E-state index contributed by atoms with van der Waals surface area (Å²) < 4.78 is 0. The number of hydrogen-bond donors (Lipinski definition) is 1. The third-order valence-corrected chi connectivity index (χ3v) is 6.53. The molecule has 0 atom stereocenters. The van der Waals surface area contributed by atoms with Gasteiger partial charge >= 0.3 is 0 Å². The molecule has 146 valence electrons. The normalized spacial score (nSPS) is 14.3. The highest BCUT2D eigenvalue weighted by Crippen LogP contribution is 2.39. The van der Waals surface area contributed by atoms with Gasteiger partial charge in [0, 0.05) is 24.9 Å². The van der Waals surface area contributed by atoms with Crippen LogP contribution in [0, 0.1) is 11.3 Å². The first kappa shape index (κ1) is 19.3. The second-order valence-electron chi connectivity index (χ2n) is 7.30. The highest BCUT2D eigenvalue weighted by Gasteiger charge is 2.25. The van der Waals surface area contributed by atoms with Crippen molar-refractivity contribution in [2.45, 2.75) is 44.6 Å². The lowest BCUT2D eigenvalue weighted by atomic mass is 9.90. The molecule has 0 saturated heterocycles. The molecule has 0 aliphatic heterocycles. The highest BCUT2D eigenvalue weighted by molar-refractivity contribution is 7.15. The van der Waals surface area contributed by atoms with Gasteiger partial charge in [0.25, 0.3) is 5.91 Å². The second-order valence-corrected chi connectivity index (χ2v) is 8.33. The van der Waals surface area contributed by atoms with Crippen LogP contribution in [0.1, 0.15) is 64.6 Å². The number of nitrogens with one attached hydrogen (secondary N) is 1. The Bertz CT molecular complexity index is 1020. The van der Waals surface area contributed by atoms with Gasteiger partial charge in [0.1, 0.15) is 5.69 Å². The second kappa shape index (κ2) is 8.97. The molecule has 29 heavy (non-hydrogen) atoms. The van der Waals surface area contributed by atoms with Gasteiger partial charge in [-0.2, -0.15) is 5.26 Å². The summed E-state index contributed by atoms with van der Waals surface area (Å²) in [6.07, 6.45) is 9.45. The van der Waals surface area contributed by atoms with Crippen LogP contribution in [0.5, 0.6) is 0 Å². The Morgan fingerprint density at radius 2 is 1.97 bits per heavy atom. The smallest absolute Gasteiger partial charge is 0.271 e. The lowest BCUT2D eigenvalue weighted by Gasteiger charge is -2.18. The first-order valence-corrected chi connectivity index (χ1v) is 10.7. The molecule has 0 bridgehead atoms. The summed E-state index contributed by atoms with van der Waals surface area (Å²) in [5.74, 6) is 0.261. The molecule has 2 heterocycles. The number of aromatic nitrogens is 2. The molecule has 1 aromatic carbocycles. The van der Waals surface area contributed by atoms with Crippen molar-refractivity contribution in [3.63, 3.8) is 0 Å². The molecule has 1 fully saturated rings. The van der Waals surface area contributed by atoms with E-state index in [4.69, 9.17) is 10.2 Å². The zero-order valence-electron chi connectivity index (χ0n) is 16.1. The van der Waals surface area contributed by atoms with Crippen LogP contribution in [0.15, 0.2) is 48.8 Å². The lowest BCUT2D eigenvalue weighted by molar-refractivity contribution is 0.0947. The van der Waals surface area contributed by atoms with Gasteiger partial charge in [-0.05, 0) is 42.2 Å². The van der Waals surface area contributed by atoms with Crippen LogP contribution in [0.2, 0.25) is 0 Å². The van der Waals surface area contributed by atoms with Crippen LogP contribution >= 0.6 is 11.3 Å². The van der Waals surface area contributed by atoms with Gasteiger partial charge in [-0.3, -0.25) is 9.78 Å². The summed E-state index contributed by atoms with van der Waals surface area (Å²) in [6, 6.07) is 13.3. The van der Waals surface area contributed by atoms with E-state index >= 15 is 0 Å². The first-order valence-electron chi connectivity index (χ1n) is 9.93. The van der Waals surface area contributed by atoms with Gasteiger partial charge in [-0.25, -0.2) is 4.98 Å². The molecule has 1 N–H and O–H groups in total. The van der Waals surface area contributed by atoms with E-state index in [0.29, 0.717) is 23.7 Å². The van der Waals surface area contributed by atoms with Crippen molar-refractivity contribution in [1.82, 2.24) is 15.3 Å². The molecule has 1 aliphatic carbocycles. The summed E-state index contributed by atoms with van der Waals surface area (Å²) in [5.41, 5.74) is 2.95. The number of nitrogens with zero attached hydrogens (tertiary/aromatic N) is 3. The Balaban J connectivity index is 1.63. The maximum atomic E-state index is 13.0. The monoisotopic (exact) mass is 402 g/mol. The number of amides is 1. The van der Waals surface area contributed by atoms with Crippen LogP contribution in [0.25, 0.3) is 10.4 Å². The summed E-state index contributed by atoms with van der Waals surface area (Å²) in [7, 11) is 0. The van der Waals surface area contributed by atoms with Gasteiger partial charge in [0.05, 0.1) is 21.5 Å². The van der Waals surface area contributed by atoms with Gasteiger partial charge in [0.15, 0.2) is 0 Å². The molecule has 1 saturated carbocycles. The summed E-state index contributed by atoms with van der Waals surface area (Å²) >= 11 is 1.62. The van der Waals surface area contributed by atoms with Crippen molar-refractivity contribution in [1.29, 1.82) is 5.26 Å². The van der Waals surface area contributed by atoms with Crippen molar-refractivity contribution in [2.24, 2.45) is 0 Å². The molecule has 1 aliphatic rings. The Morgan fingerprint density at radius 1 is 1.17 bits per heavy atom. The van der Waals surface area contributed by atoms with E-state index in [2.05, 4.69) is 16.4 Å². The minimum absolute atomic E-state index is 0.175. The summed E-state index contributed by atoms with van der Waals surface area (Å²) in [6.45, 7) is 0.412. The average Bonchev–Trinajstić information content (AvgIpc) is 3.24. The van der Waals surface area contributed by atoms with E-state index in [9.17, 15) is 4.79 Å². The molecule has 0 unspecified atom stereocenters. The van der Waals surface area contributed by atoms with Crippen molar-refractivity contribution >= 4 is 17.2 Å². The van der Waals surface area contributed by atoms with Crippen LogP contribution in [0.3, 0.4) is 0 Å². The maximum Gasteiger partial charge on any atom is 0.271 e. The Hall–Kier alpha value is -3.04. The van der Waals surface area contributed by atoms with Crippen LogP contribution in [0.4, 0.5) is 0 Å². The lowest BCUT2D eigenvalue weighted by Crippen LogP contribution is -2.24. The highest BCUT2D eigenvalue weighted by atomic mass is 32.1. The van der Waals surface area contributed by atoms with E-state index < -0.39 is 0 Å². The number of hydrogen-bond acceptors (Lipinski definition) is 5. The third kappa shape index (κ3) is 4.52. The Kier molecular flexibility index (Phi) is 5.97. The number of carbonyl (C=O) groups excluding carboxylic acids is 1. The van der Waals surface area contributed by atoms with Crippen LogP contribution < -0.4 is 5.32 Å².